The first-order valence-corrected chi connectivity index (χ1v) is 12.7. The Morgan fingerprint density at radius 1 is 1.15 bits per heavy atom. The van der Waals surface area contributed by atoms with Crippen LogP contribution in [0.2, 0.25) is 0 Å². The fraction of sp³-hybridized carbons (Fsp3) is 0.231. The van der Waals surface area contributed by atoms with Gasteiger partial charge in [0.05, 0.1) is 35.7 Å². The fourth-order valence-electron chi connectivity index (χ4n) is 4.30. The van der Waals surface area contributed by atoms with Crippen LogP contribution in [-0.4, -0.2) is 43.4 Å². The topological polar surface area (TPSA) is 83.1 Å². The number of H-pyrrole nitrogens is 1. The Morgan fingerprint density at radius 2 is 2.00 bits per heavy atom. The summed E-state index contributed by atoms with van der Waals surface area (Å²) < 4.78 is 19.2. The van der Waals surface area contributed by atoms with Crippen molar-refractivity contribution in [1.82, 2.24) is 19.3 Å². The second-order valence-corrected chi connectivity index (χ2v) is 9.71. The van der Waals surface area contributed by atoms with E-state index in [0.717, 1.165) is 52.7 Å². The highest BCUT2D eigenvalue weighted by Gasteiger charge is 2.21. The Morgan fingerprint density at radius 3 is 2.82 bits per heavy atom. The second kappa shape index (κ2) is 9.40. The van der Waals surface area contributed by atoms with Gasteiger partial charge >= 0.3 is 0 Å². The molecule has 174 valence electrons. The number of hydrogen-bond donors (Lipinski definition) is 2. The predicted octanol–water partition coefficient (Wildman–Crippen LogP) is 4.85. The maximum atomic E-state index is 11.9. The number of methoxy groups -OCH3 is 1. The molecule has 2 aromatic carbocycles. The number of ether oxygens (including phenoxy) is 1. The molecule has 7 nitrogen and oxygen atoms in total. The van der Waals surface area contributed by atoms with Gasteiger partial charge in [0.15, 0.2) is 0 Å². The lowest BCUT2D eigenvalue weighted by molar-refractivity contribution is 0.398. The van der Waals surface area contributed by atoms with Crippen molar-refractivity contribution in [2.75, 3.05) is 25.2 Å². The molecule has 0 saturated carbocycles. The Labute approximate surface area is 201 Å². The average molecular weight is 474 g/mol. The van der Waals surface area contributed by atoms with Crippen molar-refractivity contribution in [2.24, 2.45) is 0 Å². The maximum absolute atomic E-state index is 11.9. The zero-order valence-electron chi connectivity index (χ0n) is 19.5. The molecule has 0 saturated heterocycles. The van der Waals surface area contributed by atoms with Gasteiger partial charge in [-0.05, 0) is 54.3 Å². The summed E-state index contributed by atoms with van der Waals surface area (Å²) in [7, 11) is 0.654. The SMILES string of the molecule is COc1cccc(-c2cnc(-c3cc(Nc4cccc5c4CCN(S(C)=O)C5)ccc3C)[nH]2)n1. The molecule has 34 heavy (non-hydrogen) atoms. The third-order valence-corrected chi connectivity index (χ3v) is 7.19. The van der Waals surface area contributed by atoms with E-state index in [2.05, 4.69) is 63.6 Å². The number of aryl methyl sites for hydroxylation is 1. The van der Waals surface area contributed by atoms with Crippen molar-refractivity contribution >= 4 is 22.4 Å². The van der Waals surface area contributed by atoms with E-state index in [1.54, 1.807) is 19.6 Å². The van der Waals surface area contributed by atoms with Crippen molar-refractivity contribution < 1.29 is 8.95 Å². The minimum absolute atomic E-state index is 0.565. The van der Waals surface area contributed by atoms with Gasteiger partial charge in [0.2, 0.25) is 5.88 Å². The van der Waals surface area contributed by atoms with Gasteiger partial charge in [-0.1, -0.05) is 24.3 Å². The molecule has 4 aromatic rings. The molecule has 0 bridgehead atoms. The highest BCUT2D eigenvalue weighted by atomic mass is 32.2. The predicted molar refractivity (Wildman–Crippen MR) is 136 cm³/mol. The third-order valence-electron chi connectivity index (χ3n) is 6.15. The van der Waals surface area contributed by atoms with E-state index in [1.165, 1.54) is 11.1 Å². The number of rotatable bonds is 6. The van der Waals surface area contributed by atoms with E-state index in [9.17, 15) is 4.21 Å². The van der Waals surface area contributed by atoms with Crippen LogP contribution in [0.25, 0.3) is 22.8 Å². The summed E-state index contributed by atoms with van der Waals surface area (Å²) in [4.78, 5) is 12.5. The number of aromatic amines is 1. The molecule has 0 radical (unpaired) electrons. The van der Waals surface area contributed by atoms with E-state index in [4.69, 9.17) is 4.74 Å². The van der Waals surface area contributed by atoms with Crippen LogP contribution in [0.15, 0.2) is 60.8 Å². The molecule has 5 rings (SSSR count). The maximum Gasteiger partial charge on any atom is 0.213 e. The molecule has 1 aliphatic heterocycles. The molecule has 0 spiro atoms. The van der Waals surface area contributed by atoms with Gasteiger partial charge in [-0.25, -0.2) is 18.5 Å². The zero-order valence-corrected chi connectivity index (χ0v) is 20.3. The lowest BCUT2D eigenvalue weighted by Gasteiger charge is -2.28. The van der Waals surface area contributed by atoms with Gasteiger partial charge < -0.3 is 15.0 Å². The van der Waals surface area contributed by atoms with Gasteiger partial charge in [-0.3, -0.25) is 0 Å². The Bertz CT molecular complexity index is 1370. The van der Waals surface area contributed by atoms with Crippen LogP contribution in [-0.2, 0) is 24.0 Å². The summed E-state index contributed by atoms with van der Waals surface area (Å²) in [5.41, 5.74) is 8.36. The van der Waals surface area contributed by atoms with E-state index >= 15 is 0 Å². The van der Waals surface area contributed by atoms with Crippen molar-refractivity contribution in [3.8, 4) is 28.7 Å². The first kappa shape index (κ1) is 22.3. The van der Waals surface area contributed by atoms with Crippen LogP contribution >= 0.6 is 0 Å². The van der Waals surface area contributed by atoms with E-state index in [1.807, 2.05) is 22.5 Å². The Balaban J connectivity index is 1.42. The largest absolute Gasteiger partial charge is 0.481 e. The van der Waals surface area contributed by atoms with Gasteiger partial charge in [0.25, 0.3) is 0 Å². The van der Waals surface area contributed by atoms with E-state index in [-0.39, 0.29) is 0 Å². The summed E-state index contributed by atoms with van der Waals surface area (Å²) in [5, 5.41) is 3.60. The third kappa shape index (κ3) is 4.47. The highest BCUT2D eigenvalue weighted by molar-refractivity contribution is 7.81. The lowest BCUT2D eigenvalue weighted by atomic mass is 9.98. The molecule has 0 amide bonds. The summed E-state index contributed by atoms with van der Waals surface area (Å²) in [6.45, 7) is 3.58. The molecule has 1 unspecified atom stereocenters. The van der Waals surface area contributed by atoms with E-state index < -0.39 is 11.0 Å². The number of hydrogen-bond acceptors (Lipinski definition) is 5. The van der Waals surface area contributed by atoms with Crippen LogP contribution in [0.1, 0.15) is 16.7 Å². The number of fused-ring (bicyclic) bond motifs is 1. The molecule has 2 aromatic heterocycles. The van der Waals surface area contributed by atoms with Crippen molar-refractivity contribution in [2.45, 2.75) is 19.9 Å². The first-order valence-electron chi connectivity index (χ1n) is 11.2. The Kier molecular flexibility index (Phi) is 6.17. The van der Waals surface area contributed by atoms with Crippen LogP contribution < -0.4 is 10.1 Å². The fourth-order valence-corrected chi connectivity index (χ4v) is 4.97. The van der Waals surface area contributed by atoms with Crippen molar-refractivity contribution in [3.05, 3.63) is 77.5 Å². The number of aromatic nitrogens is 3. The van der Waals surface area contributed by atoms with Gasteiger partial charge in [0.1, 0.15) is 5.82 Å². The first-order chi connectivity index (χ1) is 16.5. The highest BCUT2D eigenvalue weighted by Crippen LogP contribution is 2.32. The number of nitrogens with zero attached hydrogens (tertiary/aromatic N) is 3. The molecule has 3 heterocycles. The minimum Gasteiger partial charge on any atom is -0.481 e. The number of pyridine rings is 1. The molecule has 1 atom stereocenters. The summed E-state index contributed by atoms with van der Waals surface area (Å²) in [5.74, 6) is 1.35. The smallest absolute Gasteiger partial charge is 0.213 e. The second-order valence-electron chi connectivity index (χ2n) is 8.35. The number of benzene rings is 2. The monoisotopic (exact) mass is 473 g/mol. The molecule has 0 fully saturated rings. The van der Waals surface area contributed by atoms with Crippen molar-refractivity contribution in [3.63, 3.8) is 0 Å². The lowest BCUT2D eigenvalue weighted by Crippen LogP contribution is -2.31. The van der Waals surface area contributed by atoms with Gasteiger partial charge in [-0.15, -0.1) is 0 Å². The molecule has 0 aliphatic carbocycles. The molecule has 2 N–H and O–H groups in total. The average Bonchev–Trinajstić information content (AvgIpc) is 3.35. The number of anilines is 2. The zero-order chi connectivity index (χ0) is 23.7. The van der Waals surface area contributed by atoms with Gasteiger partial charge in [-0.2, -0.15) is 0 Å². The van der Waals surface area contributed by atoms with Crippen molar-refractivity contribution in [1.29, 1.82) is 0 Å². The summed E-state index contributed by atoms with van der Waals surface area (Å²) in [6, 6.07) is 18.2. The van der Waals surface area contributed by atoms with Crippen LogP contribution in [0.5, 0.6) is 5.88 Å². The minimum atomic E-state index is -0.954. The van der Waals surface area contributed by atoms with Crippen LogP contribution in [0, 0.1) is 6.92 Å². The van der Waals surface area contributed by atoms with Gasteiger partial charge in [0, 0.05) is 42.3 Å². The van der Waals surface area contributed by atoms with E-state index in [0.29, 0.717) is 12.4 Å². The van der Waals surface area contributed by atoms with Crippen LogP contribution in [0.4, 0.5) is 11.4 Å². The Hall–Kier alpha value is -3.49. The molecule has 1 aliphatic rings. The summed E-state index contributed by atoms with van der Waals surface area (Å²) in [6.07, 6.45) is 4.41. The molecular weight excluding hydrogens is 446 g/mol. The molecular formula is C26H27N5O2S. The quantitative estimate of drug-likeness (QED) is 0.418. The summed E-state index contributed by atoms with van der Waals surface area (Å²) >= 11 is 0. The molecule has 8 heteroatoms. The number of nitrogens with one attached hydrogen (secondary N) is 2. The number of imidazole rings is 1. The standard InChI is InChI=1S/C26H27N5O2S/c1-17-10-11-19(28-22-7-4-6-18-16-31(34(3)32)13-12-20(18)22)14-21(17)26-27-15-24(30-26)23-8-5-9-25(29-23)33-2/h4-11,14-15,28H,12-13,16H2,1-3H3,(H,27,30). The van der Waals surface area contributed by atoms with Crippen LogP contribution in [0.3, 0.4) is 0 Å². The normalized spacial score (nSPS) is 14.4.